The Labute approximate surface area is 148 Å². The van der Waals surface area contributed by atoms with Crippen LogP contribution in [0.2, 0.25) is 10.0 Å². The largest absolute Gasteiger partial charge is 0.417 e. The molecule has 0 saturated heterocycles. The normalized spacial score (nSPS) is 12.9. The van der Waals surface area contributed by atoms with E-state index >= 15 is 0 Å². The first-order valence-electron chi connectivity index (χ1n) is 7.38. The first-order valence-corrected chi connectivity index (χ1v) is 8.14. The van der Waals surface area contributed by atoms with E-state index in [1.54, 1.807) is 18.2 Å². The molecule has 0 heterocycles. The molecule has 0 N–H and O–H groups in total. The van der Waals surface area contributed by atoms with Crippen LogP contribution in [0.5, 0.6) is 0 Å². The smallest absolute Gasteiger partial charge is 0.294 e. The fourth-order valence-electron chi connectivity index (χ4n) is 2.61. The van der Waals surface area contributed by atoms with Gasteiger partial charge in [-0.15, -0.1) is 0 Å². The second-order valence-corrected chi connectivity index (χ2v) is 6.29. The number of carbonyl (C=O) groups excluding carboxylic acids is 1. The zero-order valence-electron chi connectivity index (χ0n) is 12.8. The van der Waals surface area contributed by atoms with E-state index in [1.807, 2.05) is 6.92 Å². The van der Waals surface area contributed by atoms with Gasteiger partial charge in [0.1, 0.15) is 0 Å². The zero-order valence-corrected chi connectivity index (χ0v) is 14.3. The Kier molecular flexibility index (Phi) is 5.94. The Hall–Kier alpha value is -1.52. The molecule has 2 aromatic rings. The predicted octanol–water partition coefficient (Wildman–Crippen LogP) is 6.78. The molecule has 24 heavy (non-hydrogen) atoms. The maximum atomic E-state index is 13.1. The number of ketones is 1. The predicted molar refractivity (Wildman–Crippen MR) is 89.9 cm³/mol. The van der Waals surface area contributed by atoms with Crippen LogP contribution in [0.25, 0.3) is 0 Å². The summed E-state index contributed by atoms with van der Waals surface area (Å²) in [6, 6.07) is 9.76. The third kappa shape index (κ3) is 4.31. The van der Waals surface area contributed by atoms with Crippen molar-refractivity contribution in [1.29, 1.82) is 0 Å². The van der Waals surface area contributed by atoms with E-state index in [0.717, 1.165) is 6.07 Å². The lowest BCUT2D eigenvalue weighted by Gasteiger charge is -2.18. The van der Waals surface area contributed by atoms with Crippen LogP contribution in [0.3, 0.4) is 0 Å². The Bertz CT molecular complexity index is 741. The summed E-state index contributed by atoms with van der Waals surface area (Å²) >= 11 is 12.0. The van der Waals surface area contributed by atoms with Gasteiger partial charge in [-0.25, -0.2) is 0 Å². The van der Waals surface area contributed by atoms with Gasteiger partial charge in [-0.3, -0.25) is 4.79 Å². The number of hydrogen-bond donors (Lipinski definition) is 0. The molecule has 2 aromatic carbocycles. The highest BCUT2D eigenvalue weighted by atomic mass is 35.5. The first kappa shape index (κ1) is 18.8. The number of halogens is 5. The number of carbonyl (C=O) groups is 1. The van der Waals surface area contributed by atoms with Gasteiger partial charge in [-0.1, -0.05) is 54.4 Å². The zero-order chi connectivity index (χ0) is 17.9. The van der Waals surface area contributed by atoms with Gasteiger partial charge in [-0.2, -0.15) is 13.2 Å². The molecule has 0 bridgehead atoms. The summed E-state index contributed by atoms with van der Waals surface area (Å²) in [4.78, 5) is 12.5. The molecule has 6 heteroatoms. The highest BCUT2D eigenvalue weighted by Gasteiger charge is 2.35. The van der Waals surface area contributed by atoms with Crippen molar-refractivity contribution < 1.29 is 18.0 Å². The quantitative estimate of drug-likeness (QED) is 0.527. The van der Waals surface area contributed by atoms with Crippen molar-refractivity contribution in [3.05, 3.63) is 69.2 Å². The van der Waals surface area contributed by atoms with Crippen molar-refractivity contribution in [2.24, 2.45) is 0 Å². The average molecular weight is 375 g/mol. The van der Waals surface area contributed by atoms with Gasteiger partial charge in [0.15, 0.2) is 5.78 Å². The molecule has 0 spiro atoms. The third-order valence-corrected chi connectivity index (χ3v) is 4.42. The number of hydrogen-bond acceptors (Lipinski definition) is 1. The monoisotopic (exact) mass is 374 g/mol. The fraction of sp³-hybridized carbons (Fsp3) is 0.278. The third-order valence-electron chi connectivity index (χ3n) is 3.86. The van der Waals surface area contributed by atoms with E-state index in [1.165, 1.54) is 18.2 Å². The van der Waals surface area contributed by atoms with E-state index < -0.39 is 17.5 Å². The molecule has 1 atom stereocenters. The molecule has 1 nitrogen and oxygen atoms in total. The SMILES string of the molecule is CCC(CC(=O)c1ccccc1C(F)(F)F)c1ccc(Cl)cc1Cl. The van der Waals surface area contributed by atoms with E-state index in [0.29, 0.717) is 22.0 Å². The van der Waals surface area contributed by atoms with Gasteiger partial charge < -0.3 is 0 Å². The number of alkyl halides is 3. The van der Waals surface area contributed by atoms with E-state index in [2.05, 4.69) is 0 Å². The minimum atomic E-state index is -4.56. The molecule has 0 fully saturated rings. The summed E-state index contributed by atoms with van der Waals surface area (Å²) in [5.74, 6) is -0.829. The van der Waals surface area contributed by atoms with Crippen molar-refractivity contribution in [1.82, 2.24) is 0 Å². The molecule has 0 aromatic heterocycles. The number of rotatable bonds is 5. The summed E-state index contributed by atoms with van der Waals surface area (Å²) in [6.07, 6.45) is -4.04. The minimum Gasteiger partial charge on any atom is -0.294 e. The van der Waals surface area contributed by atoms with Crippen LogP contribution in [0.1, 0.15) is 47.2 Å². The van der Waals surface area contributed by atoms with Crippen LogP contribution in [0, 0.1) is 0 Å². The Balaban J connectivity index is 2.31. The standard InChI is InChI=1S/C18H15Cl2F3O/c1-2-11(13-8-7-12(19)10-16(13)20)9-17(24)14-5-3-4-6-15(14)18(21,22)23/h3-8,10-11H,2,9H2,1H3. The minimum absolute atomic E-state index is 0.0506. The summed E-state index contributed by atoms with van der Waals surface area (Å²) < 4.78 is 39.2. The van der Waals surface area contributed by atoms with Crippen LogP contribution in [-0.4, -0.2) is 5.78 Å². The van der Waals surface area contributed by atoms with Crippen molar-refractivity contribution in [3.8, 4) is 0 Å². The van der Waals surface area contributed by atoms with E-state index in [9.17, 15) is 18.0 Å². The second-order valence-electron chi connectivity index (χ2n) is 5.44. The van der Waals surface area contributed by atoms with Crippen LogP contribution in [0.4, 0.5) is 13.2 Å². The molecule has 0 aliphatic rings. The number of Topliss-reactive ketones (excluding diaryl/α,β-unsaturated/α-hetero) is 1. The van der Waals surface area contributed by atoms with Crippen molar-refractivity contribution in [3.63, 3.8) is 0 Å². The molecule has 128 valence electrons. The average Bonchev–Trinajstić information content (AvgIpc) is 2.52. The van der Waals surface area contributed by atoms with Gasteiger partial charge in [0, 0.05) is 22.0 Å². The summed E-state index contributed by atoms with van der Waals surface area (Å²) in [7, 11) is 0. The first-order chi connectivity index (χ1) is 11.2. The van der Waals surface area contributed by atoms with Crippen LogP contribution in [0.15, 0.2) is 42.5 Å². The lowest BCUT2D eigenvalue weighted by atomic mass is 9.88. The Morgan fingerprint density at radius 2 is 1.79 bits per heavy atom. The van der Waals surface area contributed by atoms with E-state index in [-0.39, 0.29) is 17.9 Å². The highest BCUT2D eigenvalue weighted by Crippen LogP contribution is 2.36. The Morgan fingerprint density at radius 3 is 2.38 bits per heavy atom. The van der Waals surface area contributed by atoms with Gasteiger partial charge in [0.05, 0.1) is 5.56 Å². The van der Waals surface area contributed by atoms with Crippen molar-refractivity contribution in [2.75, 3.05) is 0 Å². The highest BCUT2D eigenvalue weighted by molar-refractivity contribution is 6.35. The van der Waals surface area contributed by atoms with Crippen LogP contribution in [-0.2, 0) is 6.18 Å². The molecule has 0 saturated carbocycles. The molecular formula is C18H15Cl2F3O. The van der Waals surface area contributed by atoms with Crippen LogP contribution >= 0.6 is 23.2 Å². The summed E-state index contributed by atoms with van der Waals surface area (Å²) in [5, 5.41) is 0.874. The number of benzene rings is 2. The molecule has 0 aliphatic carbocycles. The fourth-order valence-corrected chi connectivity index (χ4v) is 3.18. The molecule has 1 unspecified atom stereocenters. The van der Waals surface area contributed by atoms with Gasteiger partial charge >= 0.3 is 6.18 Å². The molecular weight excluding hydrogens is 360 g/mol. The van der Waals surface area contributed by atoms with E-state index in [4.69, 9.17) is 23.2 Å². The molecule has 0 aliphatic heterocycles. The summed E-state index contributed by atoms with van der Waals surface area (Å²) in [6.45, 7) is 1.86. The second kappa shape index (κ2) is 7.58. The van der Waals surface area contributed by atoms with Crippen LogP contribution < -0.4 is 0 Å². The molecule has 0 amide bonds. The summed E-state index contributed by atoms with van der Waals surface area (Å²) in [5.41, 5.74) is -0.512. The molecule has 2 rings (SSSR count). The van der Waals surface area contributed by atoms with Crippen molar-refractivity contribution in [2.45, 2.75) is 31.9 Å². The Morgan fingerprint density at radius 1 is 1.12 bits per heavy atom. The lowest BCUT2D eigenvalue weighted by molar-refractivity contribution is -0.137. The van der Waals surface area contributed by atoms with Crippen molar-refractivity contribution >= 4 is 29.0 Å². The maximum Gasteiger partial charge on any atom is 0.417 e. The van der Waals surface area contributed by atoms with Gasteiger partial charge in [0.25, 0.3) is 0 Å². The molecule has 0 radical (unpaired) electrons. The van der Waals surface area contributed by atoms with Gasteiger partial charge in [-0.05, 0) is 36.1 Å². The maximum absolute atomic E-state index is 13.1. The van der Waals surface area contributed by atoms with Gasteiger partial charge in [0.2, 0.25) is 0 Å². The topological polar surface area (TPSA) is 17.1 Å². The lowest BCUT2D eigenvalue weighted by Crippen LogP contribution is -2.15.